The van der Waals surface area contributed by atoms with E-state index in [0.717, 1.165) is 5.56 Å². The van der Waals surface area contributed by atoms with Gasteiger partial charge in [0.05, 0.1) is 12.9 Å². The first kappa shape index (κ1) is 16.9. The average molecular weight is 342 g/mol. The van der Waals surface area contributed by atoms with Crippen molar-refractivity contribution in [3.63, 3.8) is 0 Å². The lowest BCUT2D eigenvalue weighted by Gasteiger charge is -2.18. The van der Waals surface area contributed by atoms with Crippen molar-refractivity contribution in [3.8, 4) is 0 Å². The van der Waals surface area contributed by atoms with E-state index in [0.29, 0.717) is 22.2 Å². The van der Waals surface area contributed by atoms with E-state index in [2.05, 4.69) is 5.32 Å². The summed E-state index contributed by atoms with van der Waals surface area (Å²) in [6.45, 7) is 1.57. The summed E-state index contributed by atoms with van der Waals surface area (Å²) in [5, 5.41) is 13.2. The molecule has 2 aromatic rings. The molecule has 118 valence electrons. The molecule has 2 unspecified atom stereocenters. The molecule has 2 atom stereocenters. The van der Waals surface area contributed by atoms with E-state index >= 15 is 0 Å². The normalized spacial score (nSPS) is 13.6. The summed E-state index contributed by atoms with van der Waals surface area (Å²) >= 11 is 12.0. The highest BCUT2D eigenvalue weighted by Gasteiger charge is 2.21. The standard InChI is InChI=1S/C16H17Cl2NO3/c1-10(7-11-4-5-12(17)8-13(11)18)16(21)19-14(9-20)15-3-2-6-22-15/h2-6,8,10,14,20H,7,9H2,1H3,(H,19,21). The predicted octanol–water partition coefficient (Wildman–Crippen LogP) is 3.61. The van der Waals surface area contributed by atoms with Gasteiger partial charge in [0.15, 0.2) is 0 Å². The minimum atomic E-state index is -0.550. The fourth-order valence-corrected chi connectivity index (χ4v) is 2.61. The van der Waals surface area contributed by atoms with Crippen LogP contribution in [0.15, 0.2) is 41.0 Å². The highest BCUT2D eigenvalue weighted by molar-refractivity contribution is 6.35. The Bertz CT molecular complexity index is 628. The maximum absolute atomic E-state index is 12.3. The second kappa shape index (κ2) is 7.68. The lowest BCUT2D eigenvalue weighted by Crippen LogP contribution is -2.35. The van der Waals surface area contributed by atoms with Crippen LogP contribution in [0, 0.1) is 5.92 Å². The molecule has 0 radical (unpaired) electrons. The fraction of sp³-hybridized carbons (Fsp3) is 0.312. The summed E-state index contributed by atoms with van der Waals surface area (Å²) in [4.78, 5) is 12.3. The quantitative estimate of drug-likeness (QED) is 0.843. The second-order valence-corrected chi connectivity index (χ2v) is 5.94. The third kappa shape index (κ3) is 4.26. The number of rotatable bonds is 6. The summed E-state index contributed by atoms with van der Waals surface area (Å²) < 4.78 is 5.21. The van der Waals surface area contributed by atoms with Crippen LogP contribution in [0.25, 0.3) is 0 Å². The van der Waals surface area contributed by atoms with Gasteiger partial charge in [0.25, 0.3) is 0 Å². The number of amides is 1. The average Bonchev–Trinajstić information content (AvgIpc) is 3.01. The van der Waals surface area contributed by atoms with Crippen molar-refractivity contribution in [1.29, 1.82) is 0 Å². The van der Waals surface area contributed by atoms with E-state index in [1.54, 1.807) is 31.2 Å². The third-order valence-corrected chi connectivity index (χ3v) is 3.96. The van der Waals surface area contributed by atoms with Gasteiger partial charge in [-0.05, 0) is 36.2 Å². The smallest absolute Gasteiger partial charge is 0.223 e. The molecule has 1 aromatic heterocycles. The maximum Gasteiger partial charge on any atom is 0.223 e. The molecule has 0 aliphatic rings. The summed E-state index contributed by atoms with van der Waals surface area (Å²) in [6, 6.07) is 8.08. The van der Waals surface area contributed by atoms with Crippen LogP contribution in [0.5, 0.6) is 0 Å². The molecule has 2 rings (SSSR count). The Morgan fingerprint density at radius 1 is 1.36 bits per heavy atom. The molecule has 0 bridgehead atoms. The first-order valence-corrected chi connectivity index (χ1v) is 7.65. The largest absolute Gasteiger partial charge is 0.467 e. The lowest BCUT2D eigenvalue weighted by molar-refractivity contribution is -0.125. The molecule has 22 heavy (non-hydrogen) atoms. The Labute approximate surface area is 139 Å². The molecule has 2 N–H and O–H groups in total. The van der Waals surface area contributed by atoms with Crippen LogP contribution >= 0.6 is 23.2 Å². The van der Waals surface area contributed by atoms with Crippen LogP contribution in [0.3, 0.4) is 0 Å². The van der Waals surface area contributed by atoms with Crippen LogP contribution in [0.2, 0.25) is 10.0 Å². The first-order valence-electron chi connectivity index (χ1n) is 6.89. The van der Waals surface area contributed by atoms with Crippen molar-refractivity contribution in [1.82, 2.24) is 5.32 Å². The molecule has 0 fully saturated rings. The molecule has 0 spiro atoms. The van der Waals surface area contributed by atoms with E-state index in [4.69, 9.17) is 27.6 Å². The topological polar surface area (TPSA) is 62.5 Å². The number of hydrogen-bond acceptors (Lipinski definition) is 3. The van der Waals surface area contributed by atoms with Crippen LogP contribution in [-0.4, -0.2) is 17.6 Å². The molecule has 1 amide bonds. The van der Waals surface area contributed by atoms with Crippen LogP contribution < -0.4 is 5.32 Å². The summed E-state index contributed by atoms with van der Waals surface area (Å²) in [5.74, 6) is 0.0386. The molecule has 0 saturated carbocycles. The summed E-state index contributed by atoms with van der Waals surface area (Å²) in [7, 11) is 0. The SMILES string of the molecule is CC(Cc1ccc(Cl)cc1Cl)C(=O)NC(CO)c1ccco1. The van der Waals surface area contributed by atoms with Crippen molar-refractivity contribution >= 4 is 29.1 Å². The minimum absolute atomic E-state index is 0.179. The molecular formula is C16H17Cl2NO3. The van der Waals surface area contributed by atoms with Crippen LogP contribution in [0.4, 0.5) is 0 Å². The molecule has 1 heterocycles. The Morgan fingerprint density at radius 3 is 2.73 bits per heavy atom. The van der Waals surface area contributed by atoms with Gasteiger partial charge < -0.3 is 14.8 Å². The highest BCUT2D eigenvalue weighted by atomic mass is 35.5. The van der Waals surface area contributed by atoms with Crippen molar-refractivity contribution in [2.24, 2.45) is 5.92 Å². The van der Waals surface area contributed by atoms with Gasteiger partial charge in [0, 0.05) is 16.0 Å². The Hall–Kier alpha value is -1.49. The van der Waals surface area contributed by atoms with Crippen LogP contribution in [-0.2, 0) is 11.2 Å². The number of aliphatic hydroxyl groups is 1. The fourth-order valence-electron chi connectivity index (χ4n) is 2.12. The van der Waals surface area contributed by atoms with Gasteiger partial charge >= 0.3 is 0 Å². The van der Waals surface area contributed by atoms with Crippen molar-refractivity contribution in [3.05, 3.63) is 58.0 Å². The molecule has 0 aliphatic heterocycles. The van der Waals surface area contributed by atoms with Crippen molar-refractivity contribution in [2.45, 2.75) is 19.4 Å². The molecule has 1 aromatic carbocycles. The number of hydrogen-bond donors (Lipinski definition) is 2. The third-order valence-electron chi connectivity index (χ3n) is 3.37. The second-order valence-electron chi connectivity index (χ2n) is 5.10. The molecule has 0 saturated heterocycles. The highest BCUT2D eigenvalue weighted by Crippen LogP contribution is 2.24. The Kier molecular flexibility index (Phi) is 5.89. The van der Waals surface area contributed by atoms with Crippen LogP contribution in [0.1, 0.15) is 24.3 Å². The molecule has 6 heteroatoms. The van der Waals surface area contributed by atoms with E-state index < -0.39 is 6.04 Å². The van der Waals surface area contributed by atoms with Gasteiger partial charge in [0.1, 0.15) is 11.8 Å². The van der Waals surface area contributed by atoms with E-state index in [-0.39, 0.29) is 18.4 Å². The molecule has 4 nitrogen and oxygen atoms in total. The van der Waals surface area contributed by atoms with Gasteiger partial charge in [0.2, 0.25) is 5.91 Å². The number of nitrogens with one attached hydrogen (secondary N) is 1. The Balaban J connectivity index is 1.99. The predicted molar refractivity (Wildman–Crippen MR) is 86.0 cm³/mol. The number of halogens is 2. The van der Waals surface area contributed by atoms with Crippen molar-refractivity contribution in [2.75, 3.05) is 6.61 Å². The zero-order valence-corrected chi connectivity index (χ0v) is 13.6. The zero-order chi connectivity index (χ0) is 16.1. The van der Waals surface area contributed by atoms with E-state index in [1.807, 2.05) is 6.07 Å². The minimum Gasteiger partial charge on any atom is -0.467 e. The zero-order valence-electron chi connectivity index (χ0n) is 12.1. The first-order chi connectivity index (χ1) is 10.5. The van der Waals surface area contributed by atoms with Crippen molar-refractivity contribution < 1.29 is 14.3 Å². The van der Waals surface area contributed by atoms with E-state index in [9.17, 15) is 9.90 Å². The van der Waals surface area contributed by atoms with Gasteiger partial charge in [-0.25, -0.2) is 0 Å². The summed E-state index contributed by atoms with van der Waals surface area (Å²) in [6.07, 6.45) is 1.99. The molecular weight excluding hydrogens is 325 g/mol. The van der Waals surface area contributed by atoms with Gasteiger partial charge in [-0.2, -0.15) is 0 Å². The summed E-state index contributed by atoms with van der Waals surface area (Å²) in [5.41, 5.74) is 0.854. The number of furan rings is 1. The van der Waals surface area contributed by atoms with E-state index in [1.165, 1.54) is 6.26 Å². The number of carbonyl (C=O) groups excluding carboxylic acids is 1. The monoisotopic (exact) mass is 341 g/mol. The maximum atomic E-state index is 12.3. The number of carbonyl (C=O) groups is 1. The van der Waals surface area contributed by atoms with Gasteiger partial charge in [-0.3, -0.25) is 4.79 Å². The van der Waals surface area contributed by atoms with Gasteiger partial charge in [-0.1, -0.05) is 36.2 Å². The number of benzene rings is 1. The Morgan fingerprint density at radius 2 is 2.14 bits per heavy atom. The van der Waals surface area contributed by atoms with Gasteiger partial charge in [-0.15, -0.1) is 0 Å². The lowest BCUT2D eigenvalue weighted by atomic mass is 10.00. The number of aliphatic hydroxyl groups excluding tert-OH is 1. The molecule has 0 aliphatic carbocycles.